The fourth-order valence-electron chi connectivity index (χ4n) is 2.04. The van der Waals surface area contributed by atoms with Gasteiger partial charge in [0.15, 0.2) is 0 Å². The lowest BCUT2D eigenvalue weighted by molar-refractivity contribution is 0.653. The van der Waals surface area contributed by atoms with Gasteiger partial charge in [0.25, 0.3) is 0 Å². The summed E-state index contributed by atoms with van der Waals surface area (Å²) in [4.78, 5) is 8.50. The Labute approximate surface area is 102 Å². The van der Waals surface area contributed by atoms with Gasteiger partial charge in [0, 0.05) is 31.3 Å². The highest BCUT2D eigenvalue weighted by atomic mass is 15.1. The smallest absolute Gasteiger partial charge is 0.130 e. The van der Waals surface area contributed by atoms with E-state index < -0.39 is 0 Å². The topological polar surface area (TPSA) is 56.7 Å². The van der Waals surface area contributed by atoms with Crippen LogP contribution in [-0.2, 0) is 13.0 Å². The Hall–Kier alpha value is -1.68. The highest BCUT2D eigenvalue weighted by Gasteiger charge is 2.16. The zero-order valence-corrected chi connectivity index (χ0v) is 10.3. The van der Waals surface area contributed by atoms with Crippen molar-refractivity contribution in [3.05, 3.63) is 47.8 Å². The van der Waals surface area contributed by atoms with Crippen LogP contribution in [0.5, 0.6) is 0 Å². The molecular formula is C13H18N4. The lowest BCUT2D eigenvalue weighted by Gasteiger charge is -2.16. The Morgan fingerprint density at radius 3 is 2.88 bits per heavy atom. The second-order valence-corrected chi connectivity index (χ2v) is 3.98. The van der Waals surface area contributed by atoms with E-state index in [4.69, 9.17) is 5.73 Å². The average molecular weight is 230 g/mol. The molecule has 0 aliphatic carbocycles. The summed E-state index contributed by atoms with van der Waals surface area (Å²) in [7, 11) is 0. The van der Waals surface area contributed by atoms with E-state index in [1.165, 1.54) is 5.56 Å². The minimum atomic E-state index is -0.178. The number of hydrogen-bond acceptors (Lipinski definition) is 3. The predicted octanol–water partition coefficient (Wildman–Crippen LogP) is 1.91. The first-order chi connectivity index (χ1) is 8.27. The summed E-state index contributed by atoms with van der Waals surface area (Å²) < 4.78 is 2.07. The van der Waals surface area contributed by atoms with Gasteiger partial charge in [-0.3, -0.25) is 4.98 Å². The summed E-state index contributed by atoms with van der Waals surface area (Å²) in [6.45, 7) is 5.08. The molecule has 0 spiro atoms. The highest BCUT2D eigenvalue weighted by Crippen LogP contribution is 2.21. The van der Waals surface area contributed by atoms with E-state index in [0.717, 1.165) is 24.4 Å². The summed E-state index contributed by atoms with van der Waals surface area (Å²) in [6.07, 6.45) is 8.36. The Balaban J connectivity index is 2.40. The molecule has 1 unspecified atom stereocenters. The van der Waals surface area contributed by atoms with Gasteiger partial charge in [-0.15, -0.1) is 0 Å². The Morgan fingerprint density at radius 2 is 2.18 bits per heavy atom. The third-order valence-corrected chi connectivity index (χ3v) is 3.02. The lowest BCUT2D eigenvalue weighted by Crippen LogP contribution is -2.19. The zero-order valence-electron chi connectivity index (χ0n) is 10.3. The van der Waals surface area contributed by atoms with Gasteiger partial charge in [-0.25, -0.2) is 4.98 Å². The fraction of sp³-hybridized carbons (Fsp3) is 0.385. The molecule has 90 valence electrons. The maximum absolute atomic E-state index is 6.30. The monoisotopic (exact) mass is 230 g/mol. The van der Waals surface area contributed by atoms with E-state index in [-0.39, 0.29) is 6.04 Å². The number of nitrogens with two attached hydrogens (primary N) is 1. The first-order valence-corrected chi connectivity index (χ1v) is 5.97. The molecule has 17 heavy (non-hydrogen) atoms. The van der Waals surface area contributed by atoms with Gasteiger partial charge in [-0.2, -0.15) is 0 Å². The van der Waals surface area contributed by atoms with E-state index >= 15 is 0 Å². The summed E-state index contributed by atoms with van der Waals surface area (Å²) in [5, 5.41) is 0. The molecule has 0 radical (unpaired) electrons. The van der Waals surface area contributed by atoms with E-state index in [2.05, 4.69) is 28.4 Å². The van der Waals surface area contributed by atoms with Crippen LogP contribution >= 0.6 is 0 Å². The summed E-state index contributed by atoms with van der Waals surface area (Å²) in [5.74, 6) is 0.911. The molecule has 4 heteroatoms. The number of pyridine rings is 1. The van der Waals surface area contributed by atoms with Gasteiger partial charge in [-0.1, -0.05) is 6.92 Å². The molecule has 0 saturated heterocycles. The van der Waals surface area contributed by atoms with Crippen molar-refractivity contribution in [2.45, 2.75) is 32.9 Å². The number of rotatable bonds is 4. The molecule has 2 N–H and O–H groups in total. The van der Waals surface area contributed by atoms with Crippen LogP contribution in [-0.4, -0.2) is 14.5 Å². The van der Waals surface area contributed by atoms with Crippen LogP contribution in [0.1, 0.15) is 36.8 Å². The number of nitrogens with zero attached hydrogens (tertiary/aromatic N) is 3. The summed E-state index contributed by atoms with van der Waals surface area (Å²) in [6, 6.07) is 1.81. The van der Waals surface area contributed by atoms with Crippen LogP contribution < -0.4 is 5.73 Å². The van der Waals surface area contributed by atoms with E-state index in [9.17, 15) is 0 Å². The Kier molecular flexibility index (Phi) is 3.54. The number of hydrogen-bond donors (Lipinski definition) is 1. The van der Waals surface area contributed by atoms with Crippen LogP contribution in [0.25, 0.3) is 0 Å². The number of aromatic nitrogens is 3. The molecule has 1 atom stereocenters. The first-order valence-electron chi connectivity index (χ1n) is 5.97. The van der Waals surface area contributed by atoms with E-state index in [0.29, 0.717) is 0 Å². The number of aryl methyl sites for hydroxylation is 2. The van der Waals surface area contributed by atoms with E-state index in [1.807, 2.05) is 18.5 Å². The second kappa shape index (κ2) is 5.10. The molecule has 2 rings (SSSR count). The van der Waals surface area contributed by atoms with Crippen molar-refractivity contribution < 1.29 is 0 Å². The predicted molar refractivity (Wildman–Crippen MR) is 67.5 cm³/mol. The quantitative estimate of drug-likeness (QED) is 0.872. The minimum Gasteiger partial charge on any atom is -0.334 e. The van der Waals surface area contributed by atoms with Crippen LogP contribution in [0.15, 0.2) is 30.9 Å². The Bertz CT molecular complexity index is 490. The van der Waals surface area contributed by atoms with Crippen molar-refractivity contribution in [1.82, 2.24) is 14.5 Å². The van der Waals surface area contributed by atoms with Gasteiger partial charge in [0.05, 0.1) is 6.04 Å². The van der Waals surface area contributed by atoms with Gasteiger partial charge >= 0.3 is 0 Å². The maximum atomic E-state index is 6.30. The van der Waals surface area contributed by atoms with Crippen LogP contribution in [0.3, 0.4) is 0 Å². The first kappa shape index (κ1) is 11.8. The Morgan fingerprint density at radius 1 is 1.35 bits per heavy atom. The number of imidazole rings is 1. The molecular weight excluding hydrogens is 212 g/mol. The van der Waals surface area contributed by atoms with E-state index in [1.54, 1.807) is 12.4 Å². The van der Waals surface area contributed by atoms with Crippen molar-refractivity contribution in [1.29, 1.82) is 0 Å². The van der Waals surface area contributed by atoms with Gasteiger partial charge in [0.1, 0.15) is 5.82 Å². The van der Waals surface area contributed by atoms with Crippen LogP contribution in [0.4, 0.5) is 0 Å². The van der Waals surface area contributed by atoms with Gasteiger partial charge < -0.3 is 10.3 Å². The SMILES string of the molecule is CCc1cnccc1C(N)c1nccn1CC. The highest BCUT2D eigenvalue weighted by molar-refractivity contribution is 5.30. The molecule has 0 fully saturated rings. The molecule has 0 bridgehead atoms. The van der Waals surface area contributed by atoms with Crippen molar-refractivity contribution in [3.8, 4) is 0 Å². The lowest BCUT2D eigenvalue weighted by atomic mass is 10.0. The molecule has 0 saturated carbocycles. The molecule has 2 aromatic heterocycles. The minimum absolute atomic E-state index is 0.178. The van der Waals surface area contributed by atoms with Crippen molar-refractivity contribution in [2.24, 2.45) is 5.73 Å². The van der Waals surface area contributed by atoms with Crippen LogP contribution in [0, 0.1) is 0 Å². The molecule has 2 heterocycles. The normalized spacial score (nSPS) is 12.6. The van der Waals surface area contributed by atoms with Crippen molar-refractivity contribution in [3.63, 3.8) is 0 Å². The summed E-state index contributed by atoms with van der Waals surface area (Å²) in [5.41, 5.74) is 8.60. The largest absolute Gasteiger partial charge is 0.334 e. The second-order valence-electron chi connectivity index (χ2n) is 3.98. The molecule has 0 aliphatic rings. The average Bonchev–Trinajstić information content (AvgIpc) is 2.86. The fourth-order valence-corrected chi connectivity index (χ4v) is 2.04. The standard InChI is InChI=1S/C13H18N4/c1-3-10-9-15-6-5-11(10)12(14)13-16-7-8-17(13)4-2/h5-9,12H,3-4,14H2,1-2H3. The third-order valence-electron chi connectivity index (χ3n) is 3.02. The van der Waals surface area contributed by atoms with Crippen molar-refractivity contribution in [2.75, 3.05) is 0 Å². The van der Waals surface area contributed by atoms with Gasteiger partial charge in [0.2, 0.25) is 0 Å². The molecule has 2 aromatic rings. The zero-order chi connectivity index (χ0) is 12.3. The molecule has 0 amide bonds. The maximum Gasteiger partial charge on any atom is 0.130 e. The molecule has 0 aromatic carbocycles. The van der Waals surface area contributed by atoms with Crippen molar-refractivity contribution >= 4 is 0 Å². The van der Waals surface area contributed by atoms with Gasteiger partial charge in [-0.05, 0) is 30.5 Å². The molecule has 0 aliphatic heterocycles. The van der Waals surface area contributed by atoms with Crippen LogP contribution in [0.2, 0.25) is 0 Å². The third kappa shape index (κ3) is 2.22. The summed E-state index contributed by atoms with van der Waals surface area (Å²) >= 11 is 0. The molecule has 4 nitrogen and oxygen atoms in total.